The van der Waals surface area contributed by atoms with E-state index < -0.39 is 24.0 Å². The molecule has 0 rings (SSSR count). The quantitative estimate of drug-likeness (QED) is 0.482. The minimum absolute atomic E-state index is 0.219. The van der Waals surface area contributed by atoms with Gasteiger partial charge < -0.3 is 16.2 Å². The van der Waals surface area contributed by atoms with Crippen molar-refractivity contribution in [1.82, 2.24) is 5.32 Å². The van der Waals surface area contributed by atoms with Crippen LogP contribution in [-0.2, 0) is 9.59 Å². The lowest BCUT2D eigenvalue weighted by atomic mass is 10.0. The molecule has 0 heterocycles. The summed E-state index contributed by atoms with van der Waals surface area (Å²) in [6.07, 6.45) is 6.53. The standard InChI is InChI=1S/C16H32N2O3/c1-4-5-6-7-8-9-10-13(15(17)20)18-16(21)14(19)11-12(2)3/h12-14,19H,4-11H2,1-3H3,(H2,17,20)(H,18,21)/t13-,14-/m1/s1. The summed E-state index contributed by atoms with van der Waals surface area (Å²) < 4.78 is 0. The fraction of sp³-hybridized carbons (Fsp3) is 0.875. The van der Waals surface area contributed by atoms with Gasteiger partial charge in [0.1, 0.15) is 12.1 Å². The molecule has 0 saturated heterocycles. The molecular weight excluding hydrogens is 268 g/mol. The van der Waals surface area contributed by atoms with Crippen molar-refractivity contribution in [3.63, 3.8) is 0 Å². The monoisotopic (exact) mass is 300 g/mol. The van der Waals surface area contributed by atoms with E-state index in [1.165, 1.54) is 19.3 Å². The van der Waals surface area contributed by atoms with E-state index in [2.05, 4.69) is 12.2 Å². The van der Waals surface area contributed by atoms with Crippen LogP contribution < -0.4 is 11.1 Å². The number of aliphatic hydroxyl groups excluding tert-OH is 1. The molecule has 0 fully saturated rings. The fourth-order valence-corrected chi connectivity index (χ4v) is 2.24. The highest BCUT2D eigenvalue weighted by Crippen LogP contribution is 2.10. The summed E-state index contributed by atoms with van der Waals surface area (Å²) in [4.78, 5) is 23.2. The van der Waals surface area contributed by atoms with Crippen molar-refractivity contribution in [2.24, 2.45) is 11.7 Å². The van der Waals surface area contributed by atoms with Crippen LogP contribution >= 0.6 is 0 Å². The van der Waals surface area contributed by atoms with Gasteiger partial charge in [-0.15, -0.1) is 0 Å². The normalized spacial score (nSPS) is 14.0. The molecule has 0 radical (unpaired) electrons. The molecule has 5 nitrogen and oxygen atoms in total. The van der Waals surface area contributed by atoms with Gasteiger partial charge in [-0.25, -0.2) is 0 Å². The van der Waals surface area contributed by atoms with E-state index in [1.807, 2.05) is 13.8 Å². The first-order valence-corrected chi connectivity index (χ1v) is 8.16. The smallest absolute Gasteiger partial charge is 0.249 e. The van der Waals surface area contributed by atoms with Gasteiger partial charge in [0.05, 0.1) is 0 Å². The molecule has 0 aromatic carbocycles. The zero-order chi connectivity index (χ0) is 16.3. The zero-order valence-corrected chi connectivity index (χ0v) is 13.7. The van der Waals surface area contributed by atoms with Crippen LogP contribution in [-0.4, -0.2) is 29.1 Å². The van der Waals surface area contributed by atoms with E-state index in [1.54, 1.807) is 0 Å². The number of nitrogens with one attached hydrogen (secondary N) is 1. The van der Waals surface area contributed by atoms with Gasteiger partial charge in [0.2, 0.25) is 11.8 Å². The summed E-state index contributed by atoms with van der Waals surface area (Å²) in [7, 11) is 0. The summed E-state index contributed by atoms with van der Waals surface area (Å²) in [5.74, 6) is -0.816. The predicted molar refractivity (Wildman–Crippen MR) is 84.6 cm³/mol. The highest BCUT2D eigenvalue weighted by Gasteiger charge is 2.22. The average molecular weight is 300 g/mol. The Bertz CT molecular complexity index is 306. The topological polar surface area (TPSA) is 92.4 Å². The Balaban J connectivity index is 4.07. The van der Waals surface area contributed by atoms with Gasteiger partial charge >= 0.3 is 0 Å². The molecule has 0 unspecified atom stereocenters. The molecule has 0 spiro atoms. The summed E-state index contributed by atoms with van der Waals surface area (Å²) in [5, 5.41) is 12.3. The van der Waals surface area contributed by atoms with Crippen molar-refractivity contribution in [3.8, 4) is 0 Å². The van der Waals surface area contributed by atoms with Crippen LogP contribution in [0.4, 0.5) is 0 Å². The van der Waals surface area contributed by atoms with Crippen molar-refractivity contribution >= 4 is 11.8 Å². The number of hydrogen-bond donors (Lipinski definition) is 3. The van der Waals surface area contributed by atoms with Crippen LogP contribution in [0.1, 0.15) is 72.1 Å². The molecule has 2 atom stereocenters. The summed E-state index contributed by atoms with van der Waals surface area (Å²) in [6.45, 7) is 6.03. The zero-order valence-electron chi connectivity index (χ0n) is 13.7. The van der Waals surface area contributed by atoms with Gasteiger partial charge in [-0.05, 0) is 18.8 Å². The fourth-order valence-electron chi connectivity index (χ4n) is 2.24. The van der Waals surface area contributed by atoms with Gasteiger partial charge in [0, 0.05) is 0 Å². The molecule has 0 aliphatic heterocycles. The highest BCUT2D eigenvalue weighted by molar-refractivity contribution is 5.88. The van der Waals surface area contributed by atoms with E-state index in [0.29, 0.717) is 12.8 Å². The maximum Gasteiger partial charge on any atom is 0.249 e. The number of carbonyl (C=O) groups excluding carboxylic acids is 2. The largest absolute Gasteiger partial charge is 0.383 e. The van der Waals surface area contributed by atoms with Gasteiger partial charge in [0.15, 0.2) is 0 Å². The van der Waals surface area contributed by atoms with Crippen LogP contribution in [0.2, 0.25) is 0 Å². The third-order valence-corrected chi connectivity index (χ3v) is 3.50. The lowest BCUT2D eigenvalue weighted by Crippen LogP contribution is -2.48. The van der Waals surface area contributed by atoms with Gasteiger partial charge in [-0.1, -0.05) is 59.3 Å². The number of unbranched alkanes of at least 4 members (excludes halogenated alkanes) is 5. The van der Waals surface area contributed by atoms with E-state index in [-0.39, 0.29) is 5.92 Å². The molecule has 0 aromatic rings. The third kappa shape index (κ3) is 10.3. The number of aliphatic hydroxyl groups is 1. The molecular formula is C16H32N2O3. The number of nitrogens with two attached hydrogens (primary N) is 1. The Morgan fingerprint density at radius 3 is 2.19 bits per heavy atom. The van der Waals surface area contributed by atoms with Crippen molar-refractivity contribution in [3.05, 3.63) is 0 Å². The van der Waals surface area contributed by atoms with E-state index in [9.17, 15) is 14.7 Å². The second-order valence-corrected chi connectivity index (χ2v) is 6.17. The van der Waals surface area contributed by atoms with E-state index >= 15 is 0 Å². The van der Waals surface area contributed by atoms with Crippen molar-refractivity contribution < 1.29 is 14.7 Å². The minimum Gasteiger partial charge on any atom is -0.383 e. The van der Waals surface area contributed by atoms with E-state index in [0.717, 1.165) is 19.3 Å². The Labute approximate surface area is 128 Å². The van der Waals surface area contributed by atoms with E-state index in [4.69, 9.17) is 5.73 Å². The van der Waals surface area contributed by atoms with Gasteiger partial charge in [-0.3, -0.25) is 9.59 Å². The number of primary amides is 1. The second kappa shape index (κ2) is 11.5. The van der Waals surface area contributed by atoms with Crippen LogP contribution in [0.25, 0.3) is 0 Å². The summed E-state index contributed by atoms with van der Waals surface area (Å²) in [6, 6.07) is -0.675. The number of hydrogen-bond acceptors (Lipinski definition) is 3. The first-order chi connectivity index (χ1) is 9.88. The van der Waals surface area contributed by atoms with Crippen molar-refractivity contribution in [2.75, 3.05) is 0 Å². The molecule has 124 valence electrons. The number of amides is 2. The number of rotatable bonds is 12. The lowest BCUT2D eigenvalue weighted by Gasteiger charge is -2.19. The maximum atomic E-state index is 11.8. The molecule has 4 N–H and O–H groups in total. The van der Waals surface area contributed by atoms with Crippen LogP contribution in [0, 0.1) is 5.92 Å². The second-order valence-electron chi connectivity index (χ2n) is 6.17. The van der Waals surface area contributed by atoms with Gasteiger partial charge in [0.25, 0.3) is 0 Å². The predicted octanol–water partition coefficient (Wildman–Crippen LogP) is 2.11. The maximum absolute atomic E-state index is 11.8. The number of carbonyl (C=O) groups is 2. The molecule has 0 aliphatic carbocycles. The molecule has 0 bridgehead atoms. The van der Waals surface area contributed by atoms with Crippen LogP contribution in [0.15, 0.2) is 0 Å². The molecule has 5 heteroatoms. The Kier molecular flexibility index (Phi) is 10.9. The van der Waals surface area contributed by atoms with Crippen molar-refractivity contribution in [1.29, 1.82) is 0 Å². The molecule has 0 aromatic heterocycles. The van der Waals surface area contributed by atoms with Crippen molar-refractivity contribution in [2.45, 2.75) is 84.3 Å². The van der Waals surface area contributed by atoms with Gasteiger partial charge in [-0.2, -0.15) is 0 Å². The lowest BCUT2D eigenvalue weighted by molar-refractivity contribution is -0.133. The summed E-state index contributed by atoms with van der Waals surface area (Å²) >= 11 is 0. The first kappa shape index (κ1) is 19.9. The van der Waals surface area contributed by atoms with Crippen LogP contribution in [0.5, 0.6) is 0 Å². The Hall–Kier alpha value is -1.10. The minimum atomic E-state index is -1.07. The summed E-state index contributed by atoms with van der Waals surface area (Å²) in [5.41, 5.74) is 5.31. The molecule has 2 amide bonds. The Morgan fingerprint density at radius 2 is 1.67 bits per heavy atom. The molecule has 21 heavy (non-hydrogen) atoms. The highest BCUT2D eigenvalue weighted by atomic mass is 16.3. The Morgan fingerprint density at radius 1 is 1.10 bits per heavy atom. The first-order valence-electron chi connectivity index (χ1n) is 8.16. The molecule has 0 aliphatic rings. The van der Waals surface area contributed by atoms with Crippen LogP contribution in [0.3, 0.4) is 0 Å². The molecule has 0 saturated carbocycles. The SMILES string of the molecule is CCCCCCCC[C@@H](NC(=O)[C@H](O)CC(C)C)C(N)=O. The average Bonchev–Trinajstić information content (AvgIpc) is 2.39. The third-order valence-electron chi connectivity index (χ3n) is 3.50.